The maximum Gasteiger partial charge on any atom is 0.416 e. The summed E-state index contributed by atoms with van der Waals surface area (Å²) in [5, 5.41) is 8.45. The van der Waals surface area contributed by atoms with Gasteiger partial charge < -0.3 is 67.7 Å². The molecule has 4 atom stereocenters. The average molecular weight is 1520 g/mol. The smallest absolute Gasteiger partial charge is 0.416 e. The predicted octanol–water partition coefficient (Wildman–Crippen LogP) is 11.9. The van der Waals surface area contributed by atoms with Crippen molar-refractivity contribution in [2.24, 2.45) is 33.2 Å². The molecule has 0 saturated carbocycles. The summed E-state index contributed by atoms with van der Waals surface area (Å²) in [4.78, 5) is 144. The summed E-state index contributed by atoms with van der Waals surface area (Å²) in [5.41, 5.74) is 11.7. The number of rotatable bonds is 23. The Labute approximate surface area is 642 Å². The third-order valence-corrected chi connectivity index (χ3v) is 19.8. The van der Waals surface area contributed by atoms with E-state index in [0.717, 1.165) is 90.6 Å². The van der Waals surface area contributed by atoms with Gasteiger partial charge in [0.1, 0.15) is 18.1 Å². The van der Waals surface area contributed by atoms with Gasteiger partial charge in [-0.25, -0.2) is 19.7 Å². The second kappa shape index (κ2) is 38.3. The Morgan fingerprint density at radius 2 is 1.14 bits per heavy atom. The van der Waals surface area contributed by atoms with Crippen molar-refractivity contribution in [2.75, 3.05) is 60.4 Å². The van der Waals surface area contributed by atoms with Gasteiger partial charge in [0.25, 0.3) is 17.7 Å². The summed E-state index contributed by atoms with van der Waals surface area (Å²) in [6.45, 7) is 13.9. The number of imidazole rings is 2. The van der Waals surface area contributed by atoms with Crippen LogP contribution in [0.2, 0.25) is 0 Å². The van der Waals surface area contributed by atoms with E-state index in [2.05, 4.69) is 78.1 Å². The minimum absolute atomic E-state index is 0.0202. The number of fused-ring (bicyclic) bond motifs is 4. The van der Waals surface area contributed by atoms with Gasteiger partial charge in [0.05, 0.1) is 47.8 Å². The number of carbonyl (C=O) groups is 7. The normalized spacial score (nSPS) is 16.7. The maximum atomic E-state index is 14.2. The molecule has 29 nitrogen and oxygen atoms in total. The monoisotopic (exact) mass is 1520 g/mol. The number of anilines is 4. The Bertz CT molecular complexity index is 4750. The minimum atomic E-state index is -0.853. The Kier molecular flexibility index (Phi) is 28.1. The molecule has 111 heavy (non-hydrogen) atoms. The van der Waals surface area contributed by atoms with Crippen molar-refractivity contribution in [1.29, 1.82) is 0 Å². The first-order chi connectivity index (χ1) is 53.5. The number of hydrogen-bond donors (Lipinski definition) is 3. The van der Waals surface area contributed by atoms with Crippen molar-refractivity contribution >= 4 is 88.6 Å². The van der Waals surface area contributed by atoms with Gasteiger partial charge in [-0.05, 0) is 174 Å². The summed E-state index contributed by atoms with van der Waals surface area (Å²) < 4.78 is 37.7. The Morgan fingerprint density at radius 3 is 1.72 bits per heavy atom. The zero-order valence-corrected chi connectivity index (χ0v) is 63.7. The first-order valence-electron chi connectivity index (χ1n) is 37.0. The van der Waals surface area contributed by atoms with Crippen molar-refractivity contribution in [1.82, 2.24) is 38.0 Å². The van der Waals surface area contributed by atoms with Crippen molar-refractivity contribution in [3.05, 3.63) is 173 Å². The van der Waals surface area contributed by atoms with Gasteiger partial charge in [-0.1, -0.05) is 49.1 Å². The Morgan fingerprint density at radius 1 is 0.604 bits per heavy atom. The molecule has 0 spiro atoms. The first kappa shape index (κ1) is 81.4. The van der Waals surface area contributed by atoms with Crippen LogP contribution in [0.15, 0.2) is 127 Å². The maximum absolute atomic E-state index is 14.2. The fourth-order valence-electron chi connectivity index (χ4n) is 13.9. The number of aromatic nitrogens is 6. The summed E-state index contributed by atoms with van der Waals surface area (Å²) >= 11 is 0. The molecule has 9 heterocycles. The topological polar surface area (TPSA) is 338 Å². The van der Waals surface area contributed by atoms with Crippen LogP contribution in [0.1, 0.15) is 154 Å². The molecule has 0 bridgehead atoms. The zero-order valence-electron chi connectivity index (χ0n) is 63.7. The number of amides is 6. The van der Waals surface area contributed by atoms with Gasteiger partial charge in [0.15, 0.2) is 30.0 Å². The van der Waals surface area contributed by atoms with Gasteiger partial charge >= 0.3 is 18.4 Å². The van der Waals surface area contributed by atoms with E-state index in [1.807, 2.05) is 112 Å². The zero-order chi connectivity index (χ0) is 79.4. The molecule has 5 aliphatic rings. The van der Waals surface area contributed by atoms with Gasteiger partial charge in [-0.3, -0.25) is 33.8 Å². The predicted molar refractivity (Wildman–Crippen MR) is 411 cm³/mol. The first-order valence-corrected chi connectivity index (χ1v) is 37.0. The third kappa shape index (κ3) is 20.6. The van der Waals surface area contributed by atoms with Crippen LogP contribution in [0, 0.1) is 27.7 Å². The van der Waals surface area contributed by atoms with Crippen LogP contribution in [0.3, 0.4) is 0 Å². The molecular formula is C82H93N13O16. The number of aryl methyl sites for hydroxylation is 8. The standard InChI is InChI=1S/C44H53N7O8.C36H40N6O4.2CO2/c1-6-20-58-44(55)51-35-25-36(28(2)23-33(35)42(54)50-19-9-7-12-34(50)43(51)59-39-14-8-10-21-57-39)56-22-11-13-38(52)46-37-27-49(5)40(47-37)41(53)45-32-17-15-30(16-18-32)31-24-29(3)48(4)26-31;1-23-16-29-30(37-20-28-8-5-6-14-42(28)36(29)45)19-32(23)46-15-7-9-34(44)38-33-22-41(4)35(39-33)31(43)18-25-10-12-26(13-11-25)27-17-24(2)40(3)21-27;2*2-1-3/h6,15-18,23-27,34,39,43H,1,7-14,19-22H2,2-5H3,(H,45,53)(H,46,52);10-13,16-17,19-22,28H,5-9,14-15,18H2,1-4H3,(H,38,44);;/t34-,39?,43-;28-;;/m00../s1. The lowest BCUT2D eigenvalue weighted by molar-refractivity contribution is -0.198. The molecular weight excluding hydrogens is 1420 g/mol. The van der Waals surface area contributed by atoms with Crippen LogP contribution >= 0.6 is 0 Å². The highest BCUT2D eigenvalue weighted by molar-refractivity contribution is 6.06. The third-order valence-electron chi connectivity index (χ3n) is 19.8. The molecule has 3 saturated heterocycles. The van der Waals surface area contributed by atoms with E-state index in [1.54, 1.807) is 47.8 Å². The highest BCUT2D eigenvalue weighted by Gasteiger charge is 2.47. The Hall–Kier alpha value is -12.2. The molecule has 5 aliphatic heterocycles. The second-order valence-electron chi connectivity index (χ2n) is 27.8. The van der Waals surface area contributed by atoms with Crippen LogP contribution < -0.4 is 30.3 Å². The number of nitrogens with one attached hydrogen (secondary N) is 3. The molecule has 3 fully saturated rings. The number of benzene rings is 4. The number of ketones is 1. The summed E-state index contributed by atoms with van der Waals surface area (Å²) in [7, 11) is 7.45. The van der Waals surface area contributed by atoms with E-state index in [4.69, 9.17) is 42.9 Å². The van der Waals surface area contributed by atoms with Crippen LogP contribution in [-0.2, 0) is 77.6 Å². The van der Waals surface area contributed by atoms with E-state index in [1.165, 1.54) is 16.7 Å². The minimum Gasteiger partial charge on any atom is -0.493 e. The second-order valence-corrected chi connectivity index (χ2v) is 27.8. The number of carbonyl (C=O) groups excluding carboxylic acids is 11. The van der Waals surface area contributed by atoms with Gasteiger partial charge in [-0.2, -0.15) is 19.2 Å². The molecule has 0 aliphatic carbocycles. The van der Waals surface area contributed by atoms with E-state index < -0.39 is 30.6 Å². The van der Waals surface area contributed by atoms with Crippen molar-refractivity contribution in [3.63, 3.8) is 0 Å². The molecule has 4 aromatic heterocycles. The van der Waals surface area contributed by atoms with Crippen LogP contribution in [0.5, 0.6) is 11.5 Å². The van der Waals surface area contributed by atoms with Crippen LogP contribution in [-0.4, -0.2) is 162 Å². The molecule has 29 heteroatoms. The fourth-order valence-corrected chi connectivity index (χ4v) is 13.9. The average Bonchev–Trinajstić information content (AvgIpc) is 1.62. The molecule has 8 aromatic rings. The van der Waals surface area contributed by atoms with Crippen molar-refractivity contribution in [3.8, 4) is 33.8 Å². The fraction of sp³-hybridized carbons (Fsp3) is 0.390. The lowest BCUT2D eigenvalue weighted by Gasteiger charge is -2.42. The molecule has 582 valence electrons. The number of piperidine rings is 2. The van der Waals surface area contributed by atoms with Crippen LogP contribution in [0.4, 0.5) is 33.5 Å². The number of hydrogen-bond acceptors (Lipinski definition) is 19. The summed E-state index contributed by atoms with van der Waals surface area (Å²) in [6, 6.07) is 26.6. The number of nitrogens with zero attached hydrogens (tertiary/aromatic N) is 10. The number of aliphatic imine (C=N–C) groups is 1. The molecule has 6 amide bonds. The van der Waals surface area contributed by atoms with Crippen molar-refractivity contribution in [2.45, 2.75) is 142 Å². The molecule has 4 aromatic carbocycles. The van der Waals surface area contributed by atoms with Gasteiger partial charge in [-0.15, -0.1) is 0 Å². The highest BCUT2D eigenvalue weighted by atomic mass is 16.7. The summed E-state index contributed by atoms with van der Waals surface area (Å²) in [5.74, 6) is 0.920. The molecule has 13 rings (SSSR count). The molecule has 1 unspecified atom stereocenters. The van der Waals surface area contributed by atoms with E-state index in [9.17, 15) is 33.6 Å². The van der Waals surface area contributed by atoms with Crippen molar-refractivity contribution < 1.29 is 76.4 Å². The van der Waals surface area contributed by atoms with Crippen LogP contribution in [0.25, 0.3) is 22.3 Å². The van der Waals surface area contributed by atoms with E-state index in [-0.39, 0.29) is 97.7 Å². The number of Topliss-reactive ketones (excluding diaryl/α,β-unsaturated/α-hetero) is 1. The van der Waals surface area contributed by atoms with Gasteiger partial charge in [0.2, 0.25) is 23.4 Å². The lowest BCUT2D eigenvalue weighted by atomic mass is 10.00. The lowest BCUT2D eigenvalue weighted by Crippen LogP contribution is -2.57. The van der Waals surface area contributed by atoms with Gasteiger partial charge in [0, 0.05) is 127 Å². The summed E-state index contributed by atoms with van der Waals surface area (Å²) in [6.07, 6.45) is 18.6. The highest BCUT2D eigenvalue weighted by Crippen LogP contribution is 2.41. The quantitative estimate of drug-likeness (QED) is 0.0304. The molecule has 3 N–H and O–H groups in total. The number of ether oxygens (including phenoxy) is 5. The largest absolute Gasteiger partial charge is 0.493 e. The Balaban J connectivity index is 0.000000226. The molecule has 0 radical (unpaired) electrons. The van der Waals surface area contributed by atoms with E-state index in [0.29, 0.717) is 96.5 Å². The van der Waals surface area contributed by atoms with E-state index >= 15 is 0 Å². The SMILES string of the molecule is C=CCOC(=O)N1c2cc(OCCCC(=O)Nc3cn(C)c(C(=O)Nc4ccc(-c5cc(C)n(C)c5)cc4)n3)c(C)cc2C(=O)N2CCCC[C@H]2[C@@H]1OC1CCCCO1.Cc1cc2c(cc1OCCCC(=O)Nc1cn(C)c(C(=O)Cc3ccc(-c4cc(C)n(C)c4)cc3)n1)N=C[C@@H]1CCCCN1C2=O.O=C=O.O=C=O.